The van der Waals surface area contributed by atoms with E-state index in [9.17, 15) is 8.42 Å². The largest absolute Gasteiger partial charge is 0.368 e. The molecule has 19 heavy (non-hydrogen) atoms. The molecule has 0 fully saturated rings. The molecule has 4 nitrogen and oxygen atoms in total. The normalized spacial score (nSPS) is 20.6. The number of benzene rings is 1. The van der Waals surface area contributed by atoms with Gasteiger partial charge in [0.1, 0.15) is 4.90 Å². The summed E-state index contributed by atoms with van der Waals surface area (Å²) in [5.41, 5.74) is 2.37. The molecule has 0 saturated heterocycles. The predicted octanol–water partition coefficient (Wildman–Crippen LogP) is 3.12. The van der Waals surface area contributed by atoms with Crippen LogP contribution in [0.3, 0.4) is 0 Å². The number of hydrogen-bond acceptors (Lipinski definition) is 4. The van der Waals surface area contributed by atoms with Gasteiger partial charge >= 0.3 is 0 Å². The van der Waals surface area contributed by atoms with Gasteiger partial charge in [0.2, 0.25) is 10.0 Å². The van der Waals surface area contributed by atoms with Crippen molar-refractivity contribution in [2.24, 2.45) is 0 Å². The Kier molecular flexibility index (Phi) is 3.05. The molecule has 0 amide bonds. The lowest BCUT2D eigenvalue weighted by Crippen LogP contribution is -2.42. The van der Waals surface area contributed by atoms with Gasteiger partial charge in [-0.3, -0.25) is 0 Å². The first kappa shape index (κ1) is 12.9. The summed E-state index contributed by atoms with van der Waals surface area (Å²) in [4.78, 5) is 0.194. The van der Waals surface area contributed by atoms with Crippen LogP contribution >= 0.6 is 22.9 Å². The van der Waals surface area contributed by atoms with Gasteiger partial charge < -0.3 is 5.32 Å². The van der Waals surface area contributed by atoms with E-state index in [2.05, 4.69) is 10.0 Å². The maximum Gasteiger partial charge on any atom is 0.244 e. The smallest absolute Gasteiger partial charge is 0.244 e. The monoisotopic (exact) mass is 314 g/mol. The molecule has 1 atom stereocenters. The van der Waals surface area contributed by atoms with Gasteiger partial charge in [-0.15, -0.1) is 0 Å². The topological polar surface area (TPSA) is 58.2 Å². The summed E-state index contributed by atoms with van der Waals surface area (Å²) in [5.74, 6) is 0. The van der Waals surface area contributed by atoms with Gasteiger partial charge in [0.15, 0.2) is 0 Å². The number of halogens is 1. The third kappa shape index (κ3) is 2.25. The summed E-state index contributed by atoms with van der Waals surface area (Å²) < 4.78 is 26.8. The van der Waals surface area contributed by atoms with Gasteiger partial charge in [-0.1, -0.05) is 11.6 Å². The van der Waals surface area contributed by atoms with E-state index in [-0.39, 0.29) is 11.1 Å². The van der Waals surface area contributed by atoms with Crippen molar-refractivity contribution in [2.45, 2.75) is 18.0 Å². The minimum atomic E-state index is -3.52. The first-order chi connectivity index (χ1) is 8.97. The highest BCUT2D eigenvalue weighted by Crippen LogP contribution is 2.39. The number of fused-ring (bicyclic) bond motifs is 1. The molecule has 1 aliphatic rings. The second-order valence-corrected chi connectivity index (χ2v) is 7.22. The second kappa shape index (κ2) is 4.49. The number of thiophene rings is 1. The van der Waals surface area contributed by atoms with Crippen LogP contribution in [-0.2, 0) is 10.0 Å². The van der Waals surface area contributed by atoms with Crippen molar-refractivity contribution in [3.63, 3.8) is 0 Å². The molecule has 2 N–H and O–H groups in total. The van der Waals surface area contributed by atoms with Crippen LogP contribution in [0.25, 0.3) is 11.1 Å². The molecular formula is C12H11ClN2O2S2. The molecule has 7 heteroatoms. The van der Waals surface area contributed by atoms with Crippen LogP contribution < -0.4 is 10.0 Å². The Balaban J connectivity index is 2.32. The lowest BCUT2D eigenvalue weighted by molar-refractivity contribution is 0.566. The van der Waals surface area contributed by atoms with E-state index in [0.717, 1.165) is 11.1 Å². The second-order valence-electron chi connectivity index (χ2n) is 4.33. The average molecular weight is 315 g/mol. The van der Waals surface area contributed by atoms with Crippen molar-refractivity contribution in [1.29, 1.82) is 0 Å². The molecule has 0 spiro atoms. The molecule has 2 aromatic rings. The average Bonchev–Trinajstić information content (AvgIpc) is 2.82. The highest BCUT2D eigenvalue weighted by molar-refractivity contribution is 7.89. The number of anilines is 1. The number of nitrogens with one attached hydrogen (secondary N) is 2. The fourth-order valence-electron chi connectivity index (χ4n) is 2.13. The van der Waals surface area contributed by atoms with Crippen LogP contribution in [0.5, 0.6) is 0 Å². The van der Waals surface area contributed by atoms with Crippen molar-refractivity contribution in [1.82, 2.24) is 4.72 Å². The van der Waals surface area contributed by atoms with Gasteiger partial charge in [-0.2, -0.15) is 16.1 Å². The lowest BCUT2D eigenvalue weighted by Gasteiger charge is -2.27. The summed E-state index contributed by atoms with van der Waals surface area (Å²) in [5, 5.41) is 7.47. The molecule has 100 valence electrons. The molecule has 1 aromatic carbocycles. The minimum Gasteiger partial charge on any atom is -0.368 e. The van der Waals surface area contributed by atoms with E-state index in [1.54, 1.807) is 24.3 Å². The van der Waals surface area contributed by atoms with Gasteiger partial charge in [-0.25, -0.2) is 8.42 Å². The van der Waals surface area contributed by atoms with E-state index < -0.39 is 10.0 Å². The Morgan fingerprint density at radius 3 is 2.84 bits per heavy atom. The highest BCUT2D eigenvalue weighted by atomic mass is 35.5. The zero-order valence-corrected chi connectivity index (χ0v) is 12.4. The fourth-order valence-corrected chi connectivity index (χ4v) is 4.44. The summed E-state index contributed by atoms with van der Waals surface area (Å²) in [6.45, 7) is 1.76. The Morgan fingerprint density at radius 1 is 1.37 bits per heavy atom. The van der Waals surface area contributed by atoms with Crippen molar-refractivity contribution < 1.29 is 8.42 Å². The molecule has 0 aliphatic carbocycles. The van der Waals surface area contributed by atoms with E-state index in [1.807, 2.05) is 16.8 Å². The molecule has 1 aromatic heterocycles. The molecule has 1 aliphatic heterocycles. The van der Waals surface area contributed by atoms with E-state index in [0.29, 0.717) is 10.7 Å². The summed E-state index contributed by atoms with van der Waals surface area (Å²) in [6, 6.07) is 5.19. The van der Waals surface area contributed by atoms with E-state index in [4.69, 9.17) is 11.6 Å². The van der Waals surface area contributed by atoms with Crippen LogP contribution in [0.4, 0.5) is 5.69 Å². The molecule has 2 heterocycles. The molecular weight excluding hydrogens is 304 g/mol. The molecule has 0 bridgehead atoms. The summed E-state index contributed by atoms with van der Waals surface area (Å²) in [7, 11) is -3.52. The minimum absolute atomic E-state index is 0.194. The standard InChI is InChI=1S/C12H11ClN2O2S2/c1-7-14-12-10(8-2-3-18-6-8)4-9(13)5-11(12)19(16,17)15-7/h2-7,14-15H,1H3. The Labute approximate surface area is 120 Å². The lowest BCUT2D eigenvalue weighted by atomic mass is 10.1. The third-order valence-corrected chi connectivity index (χ3v) is 5.35. The van der Waals surface area contributed by atoms with Crippen LogP contribution in [-0.4, -0.2) is 14.6 Å². The molecule has 1 unspecified atom stereocenters. The number of sulfonamides is 1. The summed E-state index contributed by atoms with van der Waals surface area (Å²) >= 11 is 7.60. The maximum atomic E-state index is 12.2. The van der Waals surface area contributed by atoms with Gasteiger partial charge in [0.05, 0.1) is 11.9 Å². The number of hydrogen-bond donors (Lipinski definition) is 2. The fraction of sp³-hybridized carbons (Fsp3) is 0.167. The predicted molar refractivity (Wildman–Crippen MR) is 78.2 cm³/mol. The SMILES string of the molecule is CC1Nc2c(-c3ccsc3)cc(Cl)cc2S(=O)(=O)N1. The molecule has 0 saturated carbocycles. The van der Waals surface area contributed by atoms with Crippen LogP contribution in [0.1, 0.15) is 6.92 Å². The maximum absolute atomic E-state index is 12.2. The zero-order chi connectivity index (χ0) is 13.6. The molecule has 0 radical (unpaired) electrons. The summed E-state index contributed by atoms with van der Waals surface area (Å²) in [6.07, 6.45) is -0.351. The number of rotatable bonds is 1. The van der Waals surface area contributed by atoms with Gasteiger partial charge in [0.25, 0.3) is 0 Å². The Bertz CT molecular complexity index is 726. The van der Waals surface area contributed by atoms with Gasteiger partial charge in [0, 0.05) is 10.6 Å². The van der Waals surface area contributed by atoms with Crippen molar-refractivity contribution >= 4 is 38.6 Å². The quantitative estimate of drug-likeness (QED) is 0.850. The van der Waals surface area contributed by atoms with E-state index in [1.165, 1.54) is 6.07 Å². The van der Waals surface area contributed by atoms with Crippen molar-refractivity contribution in [3.05, 3.63) is 34.0 Å². The van der Waals surface area contributed by atoms with Crippen LogP contribution in [0, 0.1) is 0 Å². The van der Waals surface area contributed by atoms with Crippen molar-refractivity contribution in [3.8, 4) is 11.1 Å². The zero-order valence-electron chi connectivity index (χ0n) is 9.98. The van der Waals surface area contributed by atoms with Crippen molar-refractivity contribution in [2.75, 3.05) is 5.32 Å². The highest BCUT2D eigenvalue weighted by Gasteiger charge is 2.29. The van der Waals surface area contributed by atoms with E-state index >= 15 is 0 Å². The third-order valence-electron chi connectivity index (χ3n) is 2.88. The van der Waals surface area contributed by atoms with Crippen LogP contribution in [0.15, 0.2) is 33.9 Å². The molecule has 3 rings (SSSR count). The Morgan fingerprint density at radius 2 is 2.16 bits per heavy atom. The van der Waals surface area contributed by atoms with Crippen LogP contribution in [0.2, 0.25) is 5.02 Å². The first-order valence-electron chi connectivity index (χ1n) is 5.62. The first-order valence-corrected chi connectivity index (χ1v) is 8.43. The Hall–Kier alpha value is -1.08. The van der Waals surface area contributed by atoms with Gasteiger partial charge in [-0.05, 0) is 41.4 Å².